The highest BCUT2D eigenvalue weighted by atomic mass is 16.5. The summed E-state index contributed by atoms with van der Waals surface area (Å²) in [5.74, 6) is 1.39. The van der Waals surface area contributed by atoms with Gasteiger partial charge in [0.25, 0.3) is 0 Å². The van der Waals surface area contributed by atoms with Crippen LogP contribution < -0.4 is 5.32 Å². The Labute approximate surface area is 151 Å². The number of benzene rings is 2. The standard InChI is InChI=1S/C21H18N4O/c1-14-20(15(2)26-25-14)17-8-10-18(11-9-17)23-21-22-13-12-19(24-21)16-6-4-3-5-7-16/h3-13H,1-2H3,(H,22,23,24). The van der Waals surface area contributed by atoms with Crippen LogP contribution in [0, 0.1) is 13.8 Å². The van der Waals surface area contributed by atoms with Crippen molar-refractivity contribution in [3.63, 3.8) is 0 Å². The first-order chi connectivity index (χ1) is 12.7. The Morgan fingerprint density at radius 3 is 2.31 bits per heavy atom. The molecule has 0 radical (unpaired) electrons. The van der Waals surface area contributed by atoms with Crippen LogP contribution in [0.1, 0.15) is 11.5 Å². The monoisotopic (exact) mass is 342 g/mol. The minimum Gasteiger partial charge on any atom is -0.361 e. The van der Waals surface area contributed by atoms with Crippen molar-refractivity contribution in [2.75, 3.05) is 5.32 Å². The summed E-state index contributed by atoms with van der Waals surface area (Å²) in [5, 5.41) is 7.27. The van der Waals surface area contributed by atoms with E-state index in [0.717, 1.165) is 39.5 Å². The highest BCUT2D eigenvalue weighted by molar-refractivity contribution is 5.70. The molecule has 1 N–H and O–H groups in total. The van der Waals surface area contributed by atoms with E-state index in [4.69, 9.17) is 4.52 Å². The molecular formula is C21H18N4O. The molecule has 5 heteroatoms. The van der Waals surface area contributed by atoms with Crippen molar-refractivity contribution in [1.82, 2.24) is 15.1 Å². The van der Waals surface area contributed by atoms with Gasteiger partial charge in [0.1, 0.15) is 5.76 Å². The molecule has 5 nitrogen and oxygen atoms in total. The van der Waals surface area contributed by atoms with Crippen molar-refractivity contribution in [2.24, 2.45) is 0 Å². The van der Waals surface area contributed by atoms with Gasteiger partial charge >= 0.3 is 0 Å². The third-order valence-corrected chi connectivity index (χ3v) is 4.19. The second-order valence-corrected chi connectivity index (χ2v) is 6.03. The van der Waals surface area contributed by atoms with Gasteiger partial charge in [-0.15, -0.1) is 0 Å². The lowest BCUT2D eigenvalue weighted by molar-refractivity contribution is 0.393. The SMILES string of the molecule is Cc1noc(C)c1-c1ccc(Nc2nccc(-c3ccccc3)n2)cc1. The Hall–Kier alpha value is -3.47. The van der Waals surface area contributed by atoms with Crippen LogP contribution in [0.4, 0.5) is 11.6 Å². The first-order valence-electron chi connectivity index (χ1n) is 8.39. The van der Waals surface area contributed by atoms with E-state index in [0.29, 0.717) is 5.95 Å². The lowest BCUT2D eigenvalue weighted by Gasteiger charge is -2.08. The molecule has 2 aromatic heterocycles. The highest BCUT2D eigenvalue weighted by Crippen LogP contribution is 2.28. The van der Waals surface area contributed by atoms with Crippen molar-refractivity contribution < 1.29 is 4.52 Å². The van der Waals surface area contributed by atoms with Gasteiger partial charge in [-0.05, 0) is 37.6 Å². The fourth-order valence-corrected chi connectivity index (χ4v) is 2.93. The predicted molar refractivity (Wildman–Crippen MR) is 102 cm³/mol. The smallest absolute Gasteiger partial charge is 0.227 e. The van der Waals surface area contributed by atoms with Crippen LogP contribution >= 0.6 is 0 Å². The van der Waals surface area contributed by atoms with Gasteiger partial charge in [0.15, 0.2) is 0 Å². The van der Waals surface area contributed by atoms with Crippen LogP contribution in [0.5, 0.6) is 0 Å². The molecule has 0 unspecified atom stereocenters. The Balaban J connectivity index is 1.57. The van der Waals surface area contributed by atoms with Crippen molar-refractivity contribution >= 4 is 11.6 Å². The van der Waals surface area contributed by atoms with E-state index in [1.54, 1.807) is 6.20 Å². The highest BCUT2D eigenvalue weighted by Gasteiger charge is 2.11. The molecule has 4 rings (SSSR count). The average molecular weight is 342 g/mol. The molecule has 0 bridgehead atoms. The van der Waals surface area contributed by atoms with E-state index in [-0.39, 0.29) is 0 Å². The quantitative estimate of drug-likeness (QED) is 0.555. The largest absolute Gasteiger partial charge is 0.361 e. The van der Waals surface area contributed by atoms with Gasteiger partial charge in [-0.1, -0.05) is 47.6 Å². The molecule has 26 heavy (non-hydrogen) atoms. The first-order valence-corrected chi connectivity index (χ1v) is 8.39. The average Bonchev–Trinajstić information content (AvgIpc) is 3.02. The number of nitrogens with one attached hydrogen (secondary N) is 1. The van der Waals surface area contributed by atoms with E-state index in [2.05, 4.69) is 20.4 Å². The zero-order valence-electron chi connectivity index (χ0n) is 14.6. The zero-order chi connectivity index (χ0) is 17.9. The molecule has 128 valence electrons. The Bertz CT molecular complexity index is 1000. The zero-order valence-corrected chi connectivity index (χ0v) is 14.6. The molecule has 0 spiro atoms. The van der Waals surface area contributed by atoms with Gasteiger partial charge < -0.3 is 9.84 Å². The molecule has 0 saturated carbocycles. The molecule has 0 atom stereocenters. The number of aryl methyl sites for hydroxylation is 2. The van der Waals surface area contributed by atoms with E-state index in [9.17, 15) is 0 Å². The van der Waals surface area contributed by atoms with Crippen LogP contribution in [0.25, 0.3) is 22.4 Å². The third kappa shape index (κ3) is 3.19. The Morgan fingerprint density at radius 2 is 1.62 bits per heavy atom. The number of rotatable bonds is 4. The Morgan fingerprint density at radius 1 is 0.846 bits per heavy atom. The second-order valence-electron chi connectivity index (χ2n) is 6.03. The fraction of sp³-hybridized carbons (Fsp3) is 0.0952. The van der Waals surface area contributed by atoms with Gasteiger partial charge in [-0.2, -0.15) is 0 Å². The van der Waals surface area contributed by atoms with E-state index >= 15 is 0 Å². The lowest BCUT2D eigenvalue weighted by atomic mass is 10.0. The normalized spacial score (nSPS) is 10.7. The Kier molecular flexibility index (Phi) is 4.19. The van der Waals surface area contributed by atoms with Crippen LogP contribution in [0.3, 0.4) is 0 Å². The maximum atomic E-state index is 5.25. The second kappa shape index (κ2) is 6.80. The summed E-state index contributed by atoms with van der Waals surface area (Å²) in [5.41, 5.74) is 5.87. The van der Waals surface area contributed by atoms with Gasteiger partial charge in [-0.3, -0.25) is 0 Å². The number of hydrogen-bond donors (Lipinski definition) is 1. The van der Waals surface area contributed by atoms with Crippen LogP contribution in [-0.4, -0.2) is 15.1 Å². The van der Waals surface area contributed by atoms with Crippen molar-refractivity contribution in [2.45, 2.75) is 13.8 Å². The van der Waals surface area contributed by atoms with Crippen molar-refractivity contribution in [3.05, 3.63) is 78.3 Å². The predicted octanol–water partition coefficient (Wildman–Crippen LogP) is 5.16. The molecule has 2 aromatic carbocycles. The van der Waals surface area contributed by atoms with E-state index in [1.165, 1.54) is 0 Å². The maximum Gasteiger partial charge on any atom is 0.227 e. The van der Waals surface area contributed by atoms with Gasteiger partial charge in [0, 0.05) is 23.0 Å². The summed E-state index contributed by atoms with van der Waals surface area (Å²) in [6, 6.07) is 20.0. The third-order valence-electron chi connectivity index (χ3n) is 4.19. The molecule has 2 heterocycles. The summed E-state index contributed by atoms with van der Waals surface area (Å²) in [6.45, 7) is 3.87. The topological polar surface area (TPSA) is 63.8 Å². The summed E-state index contributed by atoms with van der Waals surface area (Å²) < 4.78 is 5.25. The van der Waals surface area contributed by atoms with Crippen LogP contribution in [-0.2, 0) is 0 Å². The molecule has 0 aliphatic rings. The molecule has 0 saturated heterocycles. The number of aromatic nitrogens is 3. The summed E-state index contributed by atoms with van der Waals surface area (Å²) >= 11 is 0. The summed E-state index contributed by atoms with van der Waals surface area (Å²) in [4.78, 5) is 8.91. The van der Waals surface area contributed by atoms with Crippen molar-refractivity contribution in [1.29, 1.82) is 0 Å². The van der Waals surface area contributed by atoms with E-state index in [1.807, 2.05) is 74.5 Å². The first kappa shape index (κ1) is 16.0. The molecule has 0 fully saturated rings. The minimum atomic E-state index is 0.566. The number of hydrogen-bond acceptors (Lipinski definition) is 5. The molecule has 4 aromatic rings. The van der Waals surface area contributed by atoms with Gasteiger partial charge in [-0.25, -0.2) is 9.97 Å². The van der Waals surface area contributed by atoms with Crippen LogP contribution in [0.15, 0.2) is 71.4 Å². The number of anilines is 2. The fourth-order valence-electron chi connectivity index (χ4n) is 2.93. The summed E-state index contributed by atoms with van der Waals surface area (Å²) in [7, 11) is 0. The van der Waals surface area contributed by atoms with E-state index < -0.39 is 0 Å². The lowest BCUT2D eigenvalue weighted by Crippen LogP contribution is -1.97. The molecule has 0 amide bonds. The minimum absolute atomic E-state index is 0.566. The van der Waals surface area contributed by atoms with Gasteiger partial charge in [0.05, 0.1) is 11.4 Å². The van der Waals surface area contributed by atoms with Crippen molar-refractivity contribution in [3.8, 4) is 22.4 Å². The summed E-state index contributed by atoms with van der Waals surface area (Å²) in [6.07, 6.45) is 1.76. The molecular weight excluding hydrogens is 324 g/mol. The van der Waals surface area contributed by atoms with Crippen LogP contribution in [0.2, 0.25) is 0 Å². The molecule has 0 aliphatic heterocycles. The van der Waals surface area contributed by atoms with Gasteiger partial charge in [0.2, 0.25) is 5.95 Å². The molecule has 0 aliphatic carbocycles. The maximum absolute atomic E-state index is 5.25. The number of nitrogens with zero attached hydrogens (tertiary/aromatic N) is 3.